The van der Waals surface area contributed by atoms with Crippen LogP contribution in [0.5, 0.6) is 0 Å². The summed E-state index contributed by atoms with van der Waals surface area (Å²) in [7, 11) is 2.72. The summed E-state index contributed by atoms with van der Waals surface area (Å²) in [5.74, 6) is 0.439. The van der Waals surface area contributed by atoms with Gasteiger partial charge in [-0.05, 0) is 18.5 Å². The lowest BCUT2D eigenvalue weighted by molar-refractivity contribution is 0.115. The van der Waals surface area contributed by atoms with Crippen molar-refractivity contribution < 1.29 is 5.11 Å². The molecule has 0 spiro atoms. The first-order chi connectivity index (χ1) is 8.22. The summed E-state index contributed by atoms with van der Waals surface area (Å²) in [5, 5.41) is 9.80. The van der Waals surface area contributed by atoms with E-state index < -0.39 is 0 Å². The minimum Gasteiger partial charge on any atom is -0.393 e. The van der Waals surface area contributed by atoms with Crippen LogP contribution in [0.3, 0.4) is 0 Å². The van der Waals surface area contributed by atoms with Crippen molar-refractivity contribution in [2.75, 3.05) is 6.16 Å². The molecule has 0 aliphatic rings. The van der Waals surface area contributed by atoms with Crippen LogP contribution in [0.2, 0.25) is 0 Å². The largest absolute Gasteiger partial charge is 0.393 e. The van der Waals surface area contributed by atoms with E-state index in [4.69, 9.17) is 0 Å². The van der Waals surface area contributed by atoms with Crippen LogP contribution in [0.15, 0.2) is 0 Å². The molecule has 0 fully saturated rings. The average molecular weight is 260 g/mol. The van der Waals surface area contributed by atoms with Gasteiger partial charge in [-0.3, -0.25) is 0 Å². The molecule has 104 valence electrons. The third-order valence-electron chi connectivity index (χ3n) is 3.63. The van der Waals surface area contributed by atoms with Gasteiger partial charge in [-0.1, -0.05) is 71.6 Å². The topological polar surface area (TPSA) is 20.2 Å². The van der Waals surface area contributed by atoms with Crippen molar-refractivity contribution in [2.24, 2.45) is 5.92 Å². The van der Waals surface area contributed by atoms with Crippen molar-refractivity contribution in [3.05, 3.63) is 0 Å². The Kier molecular flexibility index (Phi) is 13.1. The lowest BCUT2D eigenvalue weighted by Crippen LogP contribution is -2.18. The molecule has 1 N–H and O–H groups in total. The zero-order valence-corrected chi connectivity index (χ0v) is 13.1. The molecule has 0 saturated carbocycles. The molecular weight excluding hydrogens is 227 g/mol. The molecule has 0 aromatic heterocycles. The molecule has 0 aromatic carbocycles. The van der Waals surface area contributed by atoms with E-state index in [2.05, 4.69) is 23.1 Å². The predicted molar refractivity (Wildman–Crippen MR) is 81.6 cm³/mol. The van der Waals surface area contributed by atoms with E-state index in [1.165, 1.54) is 57.8 Å². The van der Waals surface area contributed by atoms with Crippen molar-refractivity contribution in [1.82, 2.24) is 0 Å². The quantitative estimate of drug-likeness (QED) is 0.395. The zero-order chi connectivity index (χ0) is 12.9. The van der Waals surface area contributed by atoms with Crippen molar-refractivity contribution in [1.29, 1.82) is 0 Å². The van der Waals surface area contributed by atoms with E-state index in [9.17, 15) is 5.11 Å². The van der Waals surface area contributed by atoms with Crippen LogP contribution in [0.4, 0.5) is 0 Å². The van der Waals surface area contributed by atoms with E-state index in [0.717, 1.165) is 12.6 Å². The zero-order valence-electron chi connectivity index (χ0n) is 12.0. The van der Waals surface area contributed by atoms with Gasteiger partial charge in [-0.2, -0.15) is 0 Å². The van der Waals surface area contributed by atoms with Gasteiger partial charge in [0.2, 0.25) is 0 Å². The van der Waals surface area contributed by atoms with Gasteiger partial charge in [0.15, 0.2) is 0 Å². The maximum absolute atomic E-state index is 9.80. The summed E-state index contributed by atoms with van der Waals surface area (Å²) < 4.78 is 0. The third kappa shape index (κ3) is 11.2. The summed E-state index contributed by atoms with van der Waals surface area (Å²) in [5.41, 5.74) is 0. The maximum atomic E-state index is 9.80. The normalized spacial score (nSPS) is 14.8. The molecule has 0 radical (unpaired) electrons. The maximum Gasteiger partial charge on any atom is 0.0568 e. The van der Waals surface area contributed by atoms with Gasteiger partial charge in [0.05, 0.1) is 6.10 Å². The van der Waals surface area contributed by atoms with Crippen LogP contribution in [0, 0.1) is 5.92 Å². The van der Waals surface area contributed by atoms with E-state index in [-0.39, 0.29) is 6.10 Å². The molecule has 1 nitrogen and oxygen atoms in total. The average Bonchev–Trinajstić information content (AvgIpc) is 2.35. The highest BCUT2D eigenvalue weighted by Gasteiger charge is 2.10. The standard InChI is InChI=1S/C15H33OP/c1-3-4-5-6-7-8-9-10-11-12-15(16)14(2)13-17/h14-16H,3-13,17H2,1-2H3. The highest BCUT2D eigenvalue weighted by Crippen LogP contribution is 2.15. The lowest BCUT2D eigenvalue weighted by atomic mass is 9.99. The highest BCUT2D eigenvalue weighted by atomic mass is 31.0. The van der Waals surface area contributed by atoms with Gasteiger partial charge >= 0.3 is 0 Å². The van der Waals surface area contributed by atoms with Gasteiger partial charge in [0.1, 0.15) is 0 Å². The van der Waals surface area contributed by atoms with Crippen LogP contribution in [0.25, 0.3) is 0 Å². The first-order valence-electron chi connectivity index (χ1n) is 7.60. The molecule has 2 heteroatoms. The minimum absolute atomic E-state index is 0.0861. The summed E-state index contributed by atoms with van der Waals surface area (Å²) in [6.45, 7) is 4.40. The van der Waals surface area contributed by atoms with Gasteiger partial charge in [0, 0.05) is 0 Å². The Morgan fingerprint density at radius 3 is 1.82 bits per heavy atom. The molecule has 0 rings (SSSR count). The molecular formula is C15H33OP. The summed E-state index contributed by atoms with van der Waals surface area (Å²) >= 11 is 0. The van der Waals surface area contributed by atoms with Crippen molar-refractivity contribution in [3.8, 4) is 0 Å². The monoisotopic (exact) mass is 260 g/mol. The fourth-order valence-corrected chi connectivity index (χ4v) is 2.42. The Morgan fingerprint density at radius 1 is 0.882 bits per heavy atom. The van der Waals surface area contributed by atoms with Crippen molar-refractivity contribution >= 4 is 9.24 Å². The number of rotatable bonds is 12. The number of aliphatic hydroxyl groups is 1. The molecule has 0 heterocycles. The van der Waals surface area contributed by atoms with Crippen LogP contribution < -0.4 is 0 Å². The second-order valence-electron chi connectivity index (χ2n) is 5.40. The Hall–Kier alpha value is 0.390. The highest BCUT2D eigenvalue weighted by molar-refractivity contribution is 7.16. The smallest absolute Gasteiger partial charge is 0.0568 e. The summed E-state index contributed by atoms with van der Waals surface area (Å²) in [6, 6.07) is 0. The molecule has 0 aliphatic heterocycles. The van der Waals surface area contributed by atoms with E-state index in [1.54, 1.807) is 0 Å². The molecule has 0 amide bonds. The van der Waals surface area contributed by atoms with Gasteiger partial charge in [-0.15, -0.1) is 9.24 Å². The molecule has 0 aromatic rings. The predicted octanol–water partition coefficient (Wildman–Crippen LogP) is 4.78. The second kappa shape index (κ2) is 12.8. The SMILES string of the molecule is CCCCCCCCCCCC(O)C(C)CP. The third-order valence-corrected chi connectivity index (χ3v) is 4.38. The van der Waals surface area contributed by atoms with Crippen LogP contribution in [0.1, 0.15) is 78.1 Å². The van der Waals surface area contributed by atoms with E-state index >= 15 is 0 Å². The number of hydrogen-bond donors (Lipinski definition) is 1. The van der Waals surface area contributed by atoms with E-state index in [1.807, 2.05) is 0 Å². The molecule has 17 heavy (non-hydrogen) atoms. The molecule has 0 bridgehead atoms. The first-order valence-corrected chi connectivity index (χ1v) is 8.42. The molecule has 0 saturated heterocycles. The van der Waals surface area contributed by atoms with Gasteiger partial charge in [0.25, 0.3) is 0 Å². The molecule has 0 aliphatic carbocycles. The second-order valence-corrected chi connectivity index (χ2v) is 5.87. The first kappa shape index (κ1) is 17.4. The Bertz CT molecular complexity index is 150. The lowest BCUT2D eigenvalue weighted by Gasteiger charge is -2.16. The van der Waals surface area contributed by atoms with Crippen LogP contribution >= 0.6 is 9.24 Å². The Balaban J connectivity index is 3.13. The van der Waals surface area contributed by atoms with Gasteiger partial charge < -0.3 is 5.11 Å². The molecule has 3 atom stereocenters. The Morgan fingerprint density at radius 2 is 1.35 bits per heavy atom. The Labute approximate surface area is 111 Å². The number of unbranched alkanes of at least 4 members (excludes halogenated alkanes) is 8. The van der Waals surface area contributed by atoms with Crippen molar-refractivity contribution in [2.45, 2.75) is 84.2 Å². The van der Waals surface area contributed by atoms with Crippen molar-refractivity contribution in [3.63, 3.8) is 0 Å². The van der Waals surface area contributed by atoms with Crippen LogP contribution in [-0.2, 0) is 0 Å². The molecule has 3 unspecified atom stereocenters. The van der Waals surface area contributed by atoms with Gasteiger partial charge in [-0.25, -0.2) is 0 Å². The van der Waals surface area contributed by atoms with Crippen LogP contribution in [-0.4, -0.2) is 17.4 Å². The number of hydrogen-bond acceptors (Lipinski definition) is 1. The van der Waals surface area contributed by atoms with E-state index in [0.29, 0.717) is 5.92 Å². The fourth-order valence-electron chi connectivity index (χ4n) is 2.11. The summed E-state index contributed by atoms with van der Waals surface area (Å²) in [6.07, 6.45) is 14.1. The minimum atomic E-state index is -0.0861. The fraction of sp³-hybridized carbons (Fsp3) is 1.00. The number of aliphatic hydroxyl groups excluding tert-OH is 1. The summed E-state index contributed by atoms with van der Waals surface area (Å²) in [4.78, 5) is 0.